The number of nitro benzene ring substituents is 1. The van der Waals surface area contributed by atoms with Crippen LogP contribution in [0.25, 0.3) is 0 Å². The molecule has 0 saturated heterocycles. The third-order valence-electron chi connectivity index (χ3n) is 4.81. The molecule has 2 aromatic carbocycles. The normalized spacial score (nSPS) is 10.4. The quantitative estimate of drug-likeness (QED) is 0.244. The molecule has 182 valence electrons. The second kappa shape index (κ2) is 11.0. The van der Waals surface area contributed by atoms with Crippen LogP contribution in [-0.2, 0) is 9.53 Å². The van der Waals surface area contributed by atoms with E-state index >= 15 is 0 Å². The lowest BCUT2D eigenvalue weighted by molar-refractivity contribution is -0.384. The van der Waals surface area contributed by atoms with Crippen LogP contribution < -0.4 is 15.4 Å². The number of esters is 1. The number of nitrogens with one attached hydrogen (secondary N) is 2. The summed E-state index contributed by atoms with van der Waals surface area (Å²) in [5.41, 5.74) is 1.07. The van der Waals surface area contributed by atoms with Crippen LogP contribution in [0.2, 0.25) is 5.02 Å². The Hall–Kier alpha value is -3.96. The number of amides is 2. The zero-order valence-corrected chi connectivity index (χ0v) is 20.4. The summed E-state index contributed by atoms with van der Waals surface area (Å²) in [4.78, 5) is 48.3. The van der Waals surface area contributed by atoms with Gasteiger partial charge in [0, 0.05) is 22.8 Å². The van der Waals surface area contributed by atoms with Crippen molar-refractivity contribution in [2.75, 3.05) is 24.4 Å². The van der Waals surface area contributed by atoms with E-state index in [0.717, 1.165) is 16.9 Å². The molecule has 0 spiro atoms. The van der Waals surface area contributed by atoms with E-state index in [2.05, 4.69) is 10.6 Å². The van der Waals surface area contributed by atoms with Crippen LogP contribution in [0.5, 0.6) is 5.75 Å². The molecule has 0 atom stereocenters. The van der Waals surface area contributed by atoms with Crippen LogP contribution in [0.1, 0.15) is 31.2 Å². The minimum atomic E-state index is -0.738. The van der Waals surface area contributed by atoms with E-state index in [4.69, 9.17) is 21.1 Å². The molecule has 0 radical (unpaired) electrons. The van der Waals surface area contributed by atoms with Crippen molar-refractivity contribution in [3.8, 4) is 5.75 Å². The third kappa shape index (κ3) is 6.14. The van der Waals surface area contributed by atoms with E-state index in [1.807, 2.05) is 0 Å². The van der Waals surface area contributed by atoms with Gasteiger partial charge in [-0.05, 0) is 49.2 Å². The lowest BCUT2D eigenvalue weighted by Gasteiger charge is -2.10. The molecule has 0 aliphatic carbocycles. The van der Waals surface area contributed by atoms with Crippen molar-refractivity contribution in [1.82, 2.24) is 0 Å². The Morgan fingerprint density at radius 3 is 2.51 bits per heavy atom. The number of non-ortho nitro benzene ring substituents is 1. The minimum absolute atomic E-state index is 0.0257. The highest BCUT2D eigenvalue weighted by atomic mass is 35.5. The van der Waals surface area contributed by atoms with Crippen LogP contribution in [-0.4, -0.2) is 36.4 Å². The SMILES string of the molecule is COC(=O)c1c(NC(=O)COc2ccc(Cl)cc2C)sc(C(=O)Nc2cccc([N+](=O)[O-])c2)c1C. The largest absolute Gasteiger partial charge is 0.483 e. The first kappa shape index (κ1) is 25.7. The molecular weight excluding hydrogens is 498 g/mol. The van der Waals surface area contributed by atoms with Crippen LogP contribution in [0.3, 0.4) is 0 Å². The van der Waals surface area contributed by atoms with Gasteiger partial charge in [-0.1, -0.05) is 17.7 Å². The standard InChI is InChI=1S/C23H20ClN3O7S/c1-12-9-14(24)7-8-17(12)34-11-18(28)26-22-19(23(30)33-3)13(2)20(35-22)21(29)25-15-5-4-6-16(10-15)27(31)32/h4-10H,11H2,1-3H3,(H,25,29)(H,26,28). The Balaban J connectivity index is 1.80. The van der Waals surface area contributed by atoms with Gasteiger partial charge in [0.05, 0.1) is 22.5 Å². The molecule has 3 rings (SSSR count). The van der Waals surface area contributed by atoms with Gasteiger partial charge in [0.15, 0.2) is 6.61 Å². The summed E-state index contributed by atoms with van der Waals surface area (Å²) in [5, 5.41) is 16.8. The van der Waals surface area contributed by atoms with Gasteiger partial charge >= 0.3 is 5.97 Å². The molecular formula is C23H20ClN3O7S. The topological polar surface area (TPSA) is 137 Å². The summed E-state index contributed by atoms with van der Waals surface area (Å²) in [6.45, 7) is 2.97. The zero-order chi connectivity index (χ0) is 25.7. The summed E-state index contributed by atoms with van der Waals surface area (Å²) in [7, 11) is 1.18. The average molecular weight is 518 g/mol. The molecule has 0 unspecified atom stereocenters. The molecule has 35 heavy (non-hydrogen) atoms. The molecule has 0 aliphatic heterocycles. The number of carbonyl (C=O) groups is 3. The average Bonchev–Trinajstić information content (AvgIpc) is 3.13. The number of hydrogen-bond donors (Lipinski definition) is 2. The van der Waals surface area contributed by atoms with E-state index in [0.29, 0.717) is 10.8 Å². The first-order valence-electron chi connectivity index (χ1n) is 10.1. The lowest BCUT2D eigenvalue weighted by atomic mass is 10.1. The van der Waals surface area contributed by atoms with E-state index < -0.39 is 22.7 Å². The summed E-state index contributed by atoms with van der Waals surface area (Å²) in [6.07, 6.45) is 0. The number of benzene rings is 2. The number of anilines is 2. The van der Waals surface area contributed by atoms with Crippen molar-refractivity contribution in [2.45, 2.75) is 13.8 Å². The fourth-order valence-corrected chi connectivity index (χ4v) is 4.46. The zero-order valence-electron chi connectivity index (χ0n) is 18.8. The van der Waals surface area contributed by atoms with Crippen LogP contribution in [0.15, 0.2) is 42.5 Å². The number of ether oxygens (including phenoxy) is 2. The Kier molecular flexibility index (Phi) is 8.05. The maximum atomic E-state index is 12.9. The molecule has 10 nitrogen and oxygen atoms in total. The van der Waals surface area contributed by atoms with Crippen molar-refractivity contribution in [3.05, 3.63) is 79.2 Å². The first-order valence-corrected chi connectivity index (χ1v) is 11.3. The second-order valence-corrected chi connectivity index (χ2v) is 8.72. The van der Waals surface area contributed by atoms with Gasteiger partial charge < -0.3 is 20.1 Å². The Labute approximate surface area is 209 Å². The minimum Gasteiger partial charge on any atom is -0.483 e. The number of nitrogens with zero attached hydrogens (tertiary/aromatic N) is 1. The fourth-order valence-electron chi connectivity index (χ4n) is 3.13. The number of hydrogen-bond acceptors (Lipinski definition) is 8. The van der Waals surface area contributed by atoms with E-state index in [9.17, 15) is 24.5 Å². The Morgan fingerprint density at radius 1 is 1.11 bits per heavy atom. The number of thiophene rings is 1. The predicted molar refractivity (Wildman–Crippen MR) is 132 cm³/mol. The Bertz CT molecular complexity index is 1320. The molecule has 2 N–H and O–H groups in total. The van der Waals surface area contributed by atoms with Crippen molar-refractivity contribution < 1.29 is 28.8 Å². The highest BCUT2D eigenvalue weighted by Crippen LogP contribution is 2.34. The van der Waals surface area contributed by atoms with Gasteiger partial charge in [-0.2, -0.15) is 0 Å². The molecule has 0 saturated carbocycles. The summed E-state index contributed by atoms with van der Waals surface area (Å²) in [5.74, 6) is -1.43. The van der Waals surface area contributed by atoms with E-state index in [1.54, 1.807) is 25.1 Å². The lowest BCUT2D eigenvalue weighted by Crippen LogP contribution is -2.21. The fraction of sp³-hybridized carbons (Fsp3) is 0.174. The molecule has 0 fully saturated rings. The molecule has 0 bridgehead atoms. The summed E-state index contributed by atoms with van der Waals surface area (Å²) < 4.78 is 10.3. The molecule has 2 amide bonds. The van der Waals surface area contributed by atoms with Gasteiger partial charge in [0.25, 0.3) is 17.5 Å². The van der Waals surface area contributed by atoms with Gasteiger partial charge in [-0.25, -0.2) is 4.79 Å². The number of carbonyl (C=O) groups excluding carboxylic acids is 3. The third-order valence-corrected chi connectivity index (χ3v) is 6.25. The number of rotatable bonds is 8. The predicted octanol–water partition coefficient (Wildman–Crippen LogP) is 4.98. The number of halogens is 1. The van der Waals surface area contributed by atoms with Crippen molar-refractivity contribution >= 4 is 57.1 Å². The van der Waals surface area contributed by atoms with Gasteiger partial charge in [-0.3, -0.25) is 19.7 Å². The molecule has 1 aromatic heterocycles. The van der Waals surface area contributed by atoms with Crippen LogP contribution >= 0.6 is 22.9 Å². The van der Waals surface area contributed by atoms with Crippen molar-refractivity contribution in [1.29, 1.82) is 0 Å². The highest BCUT2D eigenvalue weighted by Gasteiger charge is 2.26. The molecule has 3 aromatic rings. The highest BCUT2D eigenvalue weighted by molar-refractivity contribution is 7.19. The molecule has 1 heterocycles. The number of methoxy groups -OCH3 is 1. The van der Waals surface area contributed by atoms with Crippen molar-refractivity contribution in [3.63, 3.8) is 0 Å². The molecule has 0 aliphatic rings. The second-order valence-electron chi connectivity index (χ2n) is 7.26. The maximum absolute atomic E-state index is 12.9. The summed E-state index contributed by atoms with van der Waals surface area (Å²) in [6, 6.07) is 10.4. The maximum Gasteiger partial charge on any atom is 0.341 e. The van der Waals surface area contributed by atoms with Crippen LogP contribution in [0.4, 0.5) is 16.4 Å². The van der Waals surface area contributed by atoms with Crippen molar-refractivity contribution in [2.24, 2.45) is 0 Å². The van der Waals surface area contributed by atoms with Gasteiger partial charge in [0.2, 0.25) is 0 Å². The summed E-state index contributed by atoms with van der Waals surface area (Å²) >= 11 is 6.79. The smallest absolute Gasteiger partial charge is 0.341 e. The number of nitro groups is 1. The first-order chi connectivity index (χ1) is 16.6. The van der Waals surface area contributed by atoms with Gasteiger partial charge in [0.1, 0.15) is 10.8 Å². The number of aryl methyl sites for hydroxylation is 1. The van der Waals surface area contributed by atoms with E-state index in [-0.39, 0.29) is 39.0 Å². The monoisotopic (exact) mass is 517 g/mol. The Morgan fingerprint density at radius 2 is 1.86 bits per heavy atom. The molecule has 12 heteroatoms. The van der Waals surface area contributed by atoms with Gasteiger partial charge in [-0.15, -0.1) is 11.3 Å². The van der Waals surface area contributed by atoms with E-state index in [1.165, 1.54) is 38.3 Å². The van der Waals surface area contributed by atoms with Crippen LogP contribution in [0, 0.1) is 24.0 Å².